The van der Waals surface area contributed by atoms with Gasteiger partial charge in [-0.05, 0) is 43.0 Å². The van der Waals surface area contributed by atoms with Crippen molar-refractivity contribution in [2.24, 2.45) is 0 Å². The summed E-state index contributed by atoms with van der Waals surface area (Å²) in [6, 6.07) is 16.1. The molecule has 0 aromatic heterocycles. The van der Waals surface area contributed by atoms with Crippen LogP contribution in [-0.2, 0) is 17.8 Å². The Hall–Kier alpha value is -2.29. The third-order valence-corrected chi connectivity index (χ3v) is 3.82. The fraction of sp³-hybridized carbons (Fsp3) is 0.350. The molecule has 1 atom stereocenters. The highest BCUT2D eigenvalue weighted by atomic mass is 16.5. The van der Waals surface area contributed by atoms with Gasteiger partial charge in [-0.1, -0.05) is 55.8 Å². The molecule has 1 N–H and O–H groups in total. The molecule has 23 heavy (non-hydrogen) atoms. The number of carbonyl (C=O) groups excluding carboxylic acids is 1. The van der Waals surface area contributed by atoms with Crippen molar-refractivity contribution in [3.8, 4) is 5.75 Å². The van der Waals surface area contributed by atoms with E-state index < -0.39 is 6.10 Å². The van der Waals surface area contributed by atoms with Crippen molar-refractivity contribution >= 4 is 5.91 Å². The zero-order valence-electron chi connectivity index (χ0n) is 14.1. The van der Waals surface area contributed by atoms with Gasteiger partial charge in [0, 0.05) is 6.54 Å². The molecule has 0 bridgehead atoms. The molecule has 2 aromatic rings. The standard InChI is InChI=1S/C20H25NO2/c1-4-16-9-11-18(12-10-16)23-19(5-2)20(22)21-14-17-8-6-7-15(3)13-17/h6-13,19H,4-5,14H2,1-3H3,(H,21,22)/t19-/m1/s1. The molecule has 2 rings (SSSR count). The van der Waals surface area contributed by atoms with E-state index in [2.05, 4.69) is 18.3 Å². The van der Waals surface area contributed by atoms with Crippen molar-refractivity contribution in [3.05, 3.63) is 65.2 Å². The smallest absolute Gasteiger partial charge is 0.261 e. The van der Waals surface area contributed by atoms with Gasteiger partial charge in [-0.25, -0.2) is 0 Å². The van der Waals surface area contributed by atoms with Gasteiger partial charge < -0.3 is 10.1 Å². The summed E-state index contributed by atoms with van der Waals surface area (Å²) in [6.07, 6.45) is 1.16. The van der Waals surface area contributed by atoms with Gasteiger partial charge in [-0.3, -0.25) is 4.79 Å². The zero-order valence-corrected chi connectivity index (χ0v) is 14.1. The van der Waals surface area contributed by atoms with Crippen molar-refractivity contribution < 1.29 is 9.53 Å². The van der Waals surface area contributed by atoms with Gasteiger partial charge >= 0.3 is 0 Å². The normalized spacial score (nSPS) is 11.8. The lowest BCUT2D eigenvalue weighted by Crippen LogP contribution is -2.37. The molecule has 0 fully saturated rings. The van der Waals surface area contributed by atoms with Gasteiger partial charge in [-0.15, -0.1) is 0 Å². The Kier molecular flexibility index (Phi) is 6.21. The average Bonchev–Trinajstić information content (AvgIpc) is 2.58. The van der Waals surface area contributed by atoms with Crippen LogP contribution in [0.5, 0.6) is 5.75 Å². The first-order valence-electron chi connectivity index (χ1n) is 8.21. The van der Waals surface area contributed by atoms with Crippen LogP contribution in [0, 0.1) is 6.92 Å². The second-order valence-electron chi connectivity index (χ2n) is 5.72. The summed E-state index contributed by atoms with van der Waals surface area (Å²) in [7, 11) is 0. The van der Waals surface area contributed by atoms with Crippen molar-refractivity contribution in [1.82, 2.24) is 5.32 Å². The van der Waals surface area contributed by atoms with Crippen molar-refractivity contribution in [1.29, 1.82) is 0 Å². The summed E-state index contributed by atoms with van der Waals surface area (Å²) in [4.78, 5) is 12.3. The van der Waals surface area contributed by atoms with Crippen LogP contribution in [0.15, 0.2) is 48.5 Å². The van der Waals surface area contributed by atoms with E-state index in [1.807, 2.05) is 56.3 Å². The average molecular weight is 311 g/mol. The van der Waals surface area contributed by atoms with Crippen molar-refractivity contribution in [2.75, 3.05) is 0 Å². The molecule has 122 valence electrons. The minimum absolute atomic E-state index is 0.0754. The highest BCUT2D eigenvalue weighted by Crippen LogP contribution is 2.15. The van der Waals surface area contributed by atoms with E-state index in [1.54, 1.807) is 0 Å². The predicted octanol–water partition coefficient (Wildman–Crippen LogP) is 4.03. The van der Waals surface area contributed by atoms with Crippen LogP contribution in [-0.4, -0.2) is 12.0 Å². The van der Waals surface area contributed by atoms with E-state index in [-0.39, 0.29) is 5.91 Å². The van der Waals surface area contributed by atoms with Crippen LogP contribution in [0.2, 0.25) is 0 Å². The SMILES string of the molecule is CCc1ccc(O[C@H](CC)C(=O)NCc2cccc(C)c2)cc1. The number of nitrogens with one attached hydrogen (secondary N) is 1. The number of amides is 1. The Balaban J connectivity index is 1.92. The Morgan fingerprint density at radius 2 is 1.83 bits per heavy atom. The number of carbonyl (C=O) groups is 1. The van der Waals surface area contributed by atoms with E-state index >= 15 is 0 Å². The molecule has 0 spiro atoms. The van der Waals surface area contributed by atoms with Crippen molar-refractivity contribution in [2.45, 2.75) is 46.3 Å². The van der Waals surface area contributed by atoms with Crippen LogP contribution in [0.3, 0.4) is 0 Å². The number of benzene rings is 2. The molecule has 3 heteroatoms. The summed E-state index contributed by atoms with van der Waals surface area (Å²) in [5, 5.41) is 2.96. The number of aryl methyl sites for hydroxylation is 2. The Morgan fingerprint density at radius 1 is 1.09 bits per heavy atom. The molecule has 0 radical (unpaired) electrons. The lowest BCUT2D eigenvalue weighted by atomic mass is 10.1. The maximum atomic E-state index is 12.3. The van der Waals surface area contributed by atoms with Crippen molar-refractivity contribution in [3.63, 3.8) is 0 Å². The summed E-state index contributed by atoms with van der Waals surface area (Å²) in [6.45, 7) is 6.64. The first kappa shape index (κ1) is 17.1. The molecular formula is C20H25NO2. The largest absolute Gasteiger partial charge is 0.481 e. The second-order valence-corrected chi connectivity index (χ2v) is 5.72. The van der Waals surface area contributed by atoms with Gasteiger partial charge in [0.05, 0.1) is 0 Å². The molecule has 3 nitrogen and oxygen atoms in total. The lowest BCUT2D eigenvalue weighted by Gasteiger charge is -2.17. The van der Waals surface area contributed by atoms with E-state index in [0.29, 0.717) is 13.0 Å². The minimum Gasteiger partial charge on any atom is -0.481 e. The molecule has 0 aliphatic rings. The summed E-state index contributed by atoms with van der Waals surface area (Å²) in [5.41, 5.74) is 3.55. The number of hydrogen-bond acceptors (Lipinski definition) is 2. The summed E-state index contributed by atoms with van der Waals surface area (Å²) >= 11 is 0. The van der Waals surface area contributed by atoms with Gasteiger partial charge in [0.1, 0.15) is 5.75 Å². The molecule has 0 saturated heterocycles. The van der Waals surface area contributed by atoms with Crippen LogP contribution in [0.1, 0.15) is 37.0 Å². The molecular weight excluding hydrogens is 286 g/mol. The molecule has 1 amide bonds. The third-order valence-electron chi connectivity index (χ3n) is 3.82. The van der Waals surface area contributed by atoms with Crippen LogP contribution in [0.25, 0.3) is 0 Å². The van der Waals surface area contributed by atoms with Gasteiger partial charge in [-0.2, -0.15) is 0 Å². The van der Waals surface area contributed by atoms with E-state index in [1.165, 1.54) is 11.1 Å². The minimum atomic E-state index is -0.465. The molecule has 0 saturated carbocycles. The third kappa shape index (κ3) is 5.13. The fourth-order valence-corrected chi connectivity index (χ4v) is 2.42. The highest BCUT2D eigenvalue weighted by molar-refractivity contribution is 5.81. The highest BCUT2D eigenvalue weighted by Gasteiger charge is 2.17. The number of hydrogen-bond donors (Lipinski definition) is 1. The summed E-state index contributed by atoms with van der Waals surface area (Å²) < 4.78 is 5.83. The molecule has 2 aromatic carbocycles. The number of rotatable bonds is 7. The first-order valence-corrected chi connectivity index (χ1v) is 8.21. The van der Waals surface area contributed by atoms with Gasteiger partial charge in [0.25, 0.3) is 5.91 Å². The van der Waals surface area contributed by atoms with Crippen LogP contribution in [0.4, 0.5) is 0 Å². The Bertz CT molecular complexity index is 634. The number of ether oxygens (including phenoxy) is 1. The summed E-state index contributed by atoms with van der Waals surface area (Å²) in [5.74, 6) is 0.660. The molecule has 0 heterocycles. The maximum absolute atomic E-state index is 12.3. The molecule has 0 aliphatic carbocycles. The Labute approximate surface area is 138 Å². The predicted molar refractivity (Wildman–Crippen MR) is 93.6 cm³/mol. The van der Waals surface area contributed by atoms with Crippen LogP contribution < -0.4 is 10.1 Å². The van der Waals surface area contributed by atoms with E-state index in [9.17, 15) is 4.79 Å². The van der Waals surface area contributed by atoms with Gasteiger partial charge in [0.2, 0.25) is 0 Å². The zero-order chi connectivity index (χ0) is 16.7. The quantitative estimate of drug-likeness (QED) is 0.838. The second kappa shape index (κ2) is 8.37. The molecule has 0 aliphatic heterocycles. The van der Waals surface area contributed by atoms with Crippen LogP contribution >= 0.6 is 0 Å². The lowest BCUT2D eigenvalue weighted by molar-refractivity contribution is -0.128. The Morgan fingerprint density at radius 3 is 2.43 bits per heavy atom. The van der Waals surface area contributed by atoms with E-state index in [4.69, 9.17) is 4.74 Å². The molecule has 0 unspecified atom stereocenters. The topological polar surface area (TPSA) is 38.3 Å². The van der Waals surface area contributed by atoms with Gasteiger partial charge in [0.15, 0.2) is 6.10 Å². The maximum Gasteiger partial charge on any atom is 0.261 e. The van der Waals surface area contributed by atoms with E-state index in [0.717, 1.165) is 17.7 Å². The fourth-order valence-electron chi connectivity index (χ4n) is 2.42. The first-order chi connectivity index (χ1) is 11.1. The monoisotopic (exact) mass is 311 g/mol.